The molecule has 5 nitrogen and oxygen atoms in total. The zero-order valence-electron chi connectivity index (χ0n) is 9.91. The second kappa shape index (κ2) is 3.37. The molecule has 2 aliphatic rings. The van der Waals surface area contributed by atoms with Crippen LogP contribution in [0.3, 0.4) is 0 Å². The van der Waals surface area contributed by atoms with Crippen molar-refractivity contribution in [2.45, 2.75) is 44.8 Å². The van der Waals surface area contributed by atoms with Crippen molar-refractivity contribution in [1.82, 2.24) is 4.90 Å². The van der Waals surface area contributed by atoms with Crippen molar-refractivity contribution in [2.24, 2.45) is 0 Å². The normalized spacial score (nSPS) is 28.9. The van der Waals surface area contributed by atoms with Gasteiger partial charge in [-0.3, -0.25) is 4.90 Å². The van der Waals surface area contributed by atoms with Gasteiger partial charge in [0.15, 0.2) is 5.54 Å². The van der Waals surface area contributed by atoms with Crippen molar-refractivity contribution in [3.8, 4) is 0 Å². The highest BCUT2D eigenvalue weighted by Crippen LogP contribution is 2.37. The number of cyclic esters (lactones) is 1. The Hall–Kier alpha value is -1.26. The van der Waals surface area contributed by atoms with Crippen LogP contribution in [0.2, 0.25) is 0 Å². The van der Waals surface area contributed by atoms with Crippen LogP contribution in [-0.4, -0.2) is 41.3 Å². The lowest BCUT2D eigenvalue weighted by Gasteiger charge is -2.42. The molecule has 2 fully saturated rings. The van der Waals surface area contributed by atoms with E-state index in [0.717, 1.165) is 6.42 Å². The van der Waals surface area contributed by atoms with E-state index in [1.54, 1.807) is 0 Å². The number of hydrogen-bond acceptors (Lipinski definition) is 4. The van der Waals surface area contributed by atoms with Gasteiger partial charge in [0, 0.05) is 6.54 Å². The predicted molar refractivity (Wildman–Crippen MR) is 55.9 cm³/mol. The monoisotopic (exact) mass is 227 g/mol. The third kappa shape index (κ3) is 1.64. The number of likely N-dealkylation sites (tertiary alicyclic amines) is 1. The van der Waals surface area contributed by atoms with E-state index in [1.807, 2.05) is 20.8 Å². The Labute approximate surface area is 94.7 Å². The van der Waals surface area contributed by atoms with Crippen LogP contribution in [0.25, 0.3) is 0 Å². The summed E-state index contributed by atoms with van der Waals surface area (Å²) < 4.78 is 10.1. The molecule has 0 saturated carbocycles. The van der Waals surface area contributed by atoms with E-state index >= 15 is 0 Å². The lowest BCUT2D eigenvalue weighted by atomic mass is 9.93. The molecule has 2 saturated heterocycles. The number of amides is 1. The number of carbonyl (C=O) groups is 2. The van der Waals surface area contributed by atoms with Crippen LogP contribution in [0.15, 0.2) is 0 Å². The van der Waals surface area contributed by atoms with Gasteiger partial charge in [0.2, 0.25) is 0 Å². The smallest absolute Gasteiger partial charge is 0.411 e. The largest absolute Gasteiger partial charge is 0.461 e. The number of ether oxygens (including phenoxy) is 2. The Bertz CT molecular complexity index is 333. The van der Waals surface area contributed by atoms with Crippen LogP contribution in [0, 0.1) is 0 Å². The van der Waals surface area contributed by atoms with Crippen LogP contribution in [0.4, 0.5) is 4.79 Å². The molecule has 16 heavy (non-hydrogen) atoms. The van der Waals surface area contributed by atoms with E-state index < -0.39 is 17.2 Å². The molecule has 0 radical (unpaired) electrons. The first-order valence-corrected chi connectivity index (χ1v) is 5.53. The van der Waals surface area contributed by atoms with Gasteiger partial charge in [-0.2, -0.15) is 0 Å². The van der Waals surface area contributed by atoms with Crippen molar-refractivity contribution in [3.63, 3.8) is 0 Å². The van der Waals surface area contributed by atoms with E-state index in [4.69, 9.17) is 9.47 Å². The number of esters is 1. The summed E-state index contributed by atoms with van der Waals surface area (Å²) in [5, 5.41) is 0. The maximum Gasteiger partial charge on any atom is 0.411 e. The third-order valence-electron chi connectivity index (χ3n) is 2.92. The Kier molecular flexibility index (Phi) is 2.36. The number of nitrogens with zero attached hydrogens (tertiary/aromatic N) is 1. The highest BCUT2D eigenvalue weighted by molar-refractivity contribution is 5.90. The summed E-state index contributed by atoms with van der Waals surface area (Å²) in [4.78, 5) is 24.9. The first kappa shape index (κ1) is 11.2. The minimum atomic E-state index is -0.720. The molecule has 0 aromatic carbocycles. The average molecular weight is 227 g/mol. The molecule has 1 spiro atoms. The van der Waals surface area contributed by atoms with Crippen LogP contribution in [0.5, 0.6) is 0 Å². The molecule has 0 aliphatic carbocycles. The Morgan fingerprint density at radius 1 is 1.50 bits per heavy atom. The summed E-state index contributed by atoms with van der Waals surface area (Å²) in [6.45, 7) is 6.32. The summed E-state index contributed by atoms with van der Waals surface area (Å²) in [7, 11) is 0. The standard InChI is InChI=1S/C11H17NO4/c1-10(2,3)16-9(14)12-6-4-5-11(12)7-15-8(11)13/h4-7H2,1-3H3. The molecule has 5 heteroatoms. The fraction of sp³-hybridized carbons (Fsp3) is 0.818. The summed E-state index contributed by atoms with van der Waals surface area (Å²) in [5.74, 6) is -0.296. The molecule has 90 valence electrons. The molecule has 0 aromatic heterocycles. The second-order valence-corrected chi connectivity index (χ2v) is 5.34. The molecule has 0 N–H and O–H groups in total. The van der Waals surface area contributed by atoms with Crippen molar-refractivity contribution < 1.29 is 19.1 Å². The number of rotatable bonds is 0. The lowest BCUT2D eigenvalue weighted by molar-refractivity contribution is -0.184. The van der Waals surface area contributed by atoms with Gasteiger partial charge in [-0.15, -0.1) is 0 Å². The highest BCUT2D eigenvalue weighted by atomic mass is 16.6. The summed E-state index contributed by atoms with van der Waals surface area (Å²) in [6, 6.07) is 0. The van der Waals surface area contributed by atoms with E-state index in [-0.39, 0.29) is 5.97 Å². The second-order valence-electron chi connectivity index (χ2n) is 5.34. The van der Waals surface area contributed by atoms with Gasteiger partial charge in [-0.1, -0.05) is 0 Å². The average Bonchev–Trinajstić information content (AvgIpc) is 2.59. The van der Waals surface area contributed by atoms with Gasteiger partial charge in [-0.25, -0.2) is 9.59 Å². The van der Waals surface area contributed by atoms with Crippen molar-refractivity contribution in [1.29, 1.82) is 0 Å². The van der Waals surface area contributed by atoms with E-state index in [0.29, 0.717) is 19.6 Å². The molecule has 2 aliphatic heterocycles. The molecule has 0 bridgehead atoms. The molecule has 1 unspecified atom stereocenters. The van der Waals surface area contributed by atoms with Gasteiger partial charge in [0.1, 0.15) is 12.2 Å². The molecular weight excluding hydrogens is 210 g/mol. The van der Waals surface area contributed by atoms with Gasteiger partial charge in [0.25, 0.3) is 0 Å². The fourth-order valence-electron chi connectivity index (χ4n) is 2.12. The number of hydrogen-bond donors (Lipinski definition) is 0. The zero-order valence-corrected chi connectivity index (χ0v) is 9.91. The molecule has 1 atom stereocenters. The van der Waals surface area contributed by atoms with E-state index in [9.17, 15) is 9.59 Å². The quantitative estimate of drug-likeness (QED) is 0.585. The minimum Gasteiger partial charge on any atom is -0.461 e. The van der Waals surface area contributed by atoms with Crippen LogP contribution in [0.1, 0.15) is 33.6 Å². The van der Waals surface area contributed by atoms with Gasteiger partial charge in [-0.05, 0) is 33.6 Å². The van der Waals surface area contributed by atoms with Crippen LogP contribution < -0.4 is 0 Å². The van der Waals surface area contributed by atoms with Gasteiger partial charge in [0.05, 0.1) is 0 Å². The highest BCUT2D eigenvalue weighted by Gasteiger charge is 2.58. The van der Waals surface area contributed by atoms with E-state index in [2.05, 4.69) is 0 Å². The van der Waals surface area contributed by atoms with Gasteiger partial charge < -0.3 is 9.47 Å². The third-order valence-corrected chi connectivity index (χ3v) is 2.92. The summed E-state index contributed by atoms with van der Waals surface area (Å²) >= 11 is 0. The Balaban J connectivity index is 2.09. The SMILES string of the molecule is CC(C)(C)OC(=O)N1CCCC12COC2=O. The lowest BCUT2D eigenvalue weighted by Crippen LogP contribution is -2.64. The predicted octanol–water partition coefficient (Wildman–Crippen LogP) is 1.31. The first-order valence-electron chi connectivity index (χ1n) is 5.53. The first-order chi connectivity index (χ1) is 7.35. The van der Waals surface area contributed by atoms with Crippen molar-refractivity contribution in [3.05, 3.63) is 0 Å². The topological polar surface area (TPSA) is 55.8 Å². The summed E-state index contributed by atoms with van der Waals surface area (Å²) in [5.41, 5.74) is -1.25. The van der Waals surface area contributed by atoms with Crippen LogP contribution in [-0.2, 0) is 14.3 Å². The molecule has 2 heterocycles. The maximum absolute atomic E-state index is 11.9. The molecular formula is C11H17NO4. The Morgan fingerprint density at radius 2 is 2.19 bits per heavy atom. The van der Waals surface area contributed by atoms with Gasteiger partial charge >= 0.3 is 12.1 Å². The van der Waals surface area contributed by atoms with E-state index in [1.165, 1.54) is 4.90 Å². The Morgan fingerprint density at radius 3 is 2.62 bits per heavy atom. The molecule has 1 amide bonds. The van der Waals surface area contributed by atoms with Crippen molar-refractivity contribution in [2.75, 3.05) is 13.2 Å². The fourth-order valence-corrected chi connectivity index (χ4v) is 2.12. The summed E-state index contributed by atoms with van der Waals surface area (Å²) in [6.07, 6.45) is 1.10. The molecule has 0 aromatic rings. The maximum atomic E-state index is 11.9. The number of carbonyl (C=O) groups excluding carboxylic acids is 2. The van der Waals surface area contributed by atoms with Crippen molar-refractivity contribution >= 4 is 12.1 Å². The minimum absolute atomic E-state index is 0.296. The molecule has 2 rings (SSSR count). The van der Waals surface area contributed by atoms with Crippen LogP contribution >= 0.6 is 0 Å². The zero-order chi connectivity index (χ0) is 12.0.